The van der Waals surface area contributed by atoms with Crippen molar-refractivity contribution in [3.05, 3.63) is 29.8 Å². The molecule has 126 valence electrons. The number of fused-ring (bicyclic) bond motifs is 2. The van der Waals surface area contributed by atoms with Crippen LogP contribution in [0.2, 0.25) is 0 Å². The second-order valence-corrected chi connectivity index (χ2v) is 6.66. The highest BCUT2D eigenvalue weighted by Gasteiger charge is 2.40. The summed E-state index contributed by atoms with van der Waals surface area (Å²) in [6.45, 7) is -0.194. The first-order valence-electron chi connectivity index (χ1n) is 8.34. The van der Waals surface area contributed by atoms with Gasteiger partial charge in [-0.15, -0.1) is 0 Å². The van der Waals surface area contributed by atoms with E-state index in [-0.39, 0.29) is 12.5 Å². The van der Waals surface area contributed by atoms with E-state index in [1.54, 1.807) is 24.3 Å². The first kappa shape index (κ1) is 16.3. The summed E-state index contributed by atoms with van der Waals surface area (Å²) in [4.78, 5) is 23.6. The van der Waals surface area contributed by atoms with Crippen LogP contribution in [0.3, 0.4) is 0 Å². The standard InChI is InChI=1S/C18H21N3O3/c19-10-12-2-5-16(6-3-12)24-11-18(23)21-20-17(22)9-15-8-13-1-4-14(15)7-13/h2-3,5-6,13-15H,1,4,7-9,11H2,(H,20,22)(H,21,23)/t13-,14-,15+/m1/s1. The van der Waals surface area contributed by atoms with Crippen LogP contribution < -0.4 is 15.6 Å². The van der Waals surface area contributed by atoms with Crippen molar-refractivity contribution in [2.45, 2.75) is 32.1 Å². The number of nitriles is 1. The molecule has 1 aromatic rings. The number of benzene rings is 1. The predicted molar refractivity (Wildman–Crippen MR) is 86.5 cm³/mol. The molecular formula is C18H21N3O3. The van der Waals surface area contributed by atoms with Crippen molar-refractivity contribution in [3.8, 4) is 11.8 Å². The number of ether oxygens (including phenoxy) is 1. The van der Waals surface area contributed by atoms with E-state index in [0.29, 0.717) is 29.6 Å². The van der Waals surface area contributed by atoms with E-state index < -0.39 is 5.91 Å². The minimum absolute atomic E-state index is 0.140. The third kappa shape index (κ3) is 4.05. The van der Waals surface area contributed by atoms with Crippen molar-refractivity contribution in [1.29, 1.82) is 5.26 Å². The minimum atomic E-state index is -0.416. The highest BCUT2D eigenvalue weighted by Crippen LogP contribution is 2.49. The molecule has 0 spiro atoms. The zero-order valence-corrected chi connectivity index (χ0v) is 13.5. The lowest BCUT2D eigenvalue weighted by Crippen LogP contribution is -2.44. The summed E-state index contributed by atoms with van der Waals surface area (Å²) in [7, 11) is 0. The van der Waals surface area contributed by atoms with Gasteiger partial charge in [0.15, 0.2) is 6.61 Å². The maximum absolute atomic E-state index is 11.9. The van der Waals surface area contributed by atoms with Gasteiger partial charge in [-0.1, -0.05) is 6.42 Å². The summed E-state index contributed by atoms with van der Waals surface area (Å²) in [5, 5.41) is 8.71. The zero-order chi connectivity index (χ0) is 16.9. The quantitative estimate of drug-likeness (QED) is 0.808. The molecule has 2 fully saturated rings. The van der Waals surface area contributed by atoms with Crippen LogP contribution in [0.15, 0.2) is 24.3 Å². The molecular weight excluding hydrogens is 306 g/mol. The summed E-state index contributed by atoms with van der Waals surface area (Å²) in [6.07, 6.45) is 5.45. The topological polar surface area (TPSA) is 91.2 Å². The third-order valence-electron chi connectivity index (χ3n) is 5.03. The summed E-state index contributed by atoms with van der Waals surface area (Å²) in [5.41, 5.74) is 5.37. The van der Waals surface area contributed by atoms with Crippen LogP contribution in [0, 0.1) is 29.1 Å². The molecule has 2 bridgehead atoms. The number of carbonyl (C=O) groups is 2. The van der Waals surface area contributed by atoms with Gasteiger partial charge in [-0.25, -0.2) is 0 Å². The highest BCUT2D eigenvalue weighted by atomic mass is 16.5. The lowest BCUT2D eigenvalue weighted by atomic mass is 9.86. The molecule has 2 amide bonds. The van der Waals surface area contributed by atoms with E-state index in [9.17, 15) is 9.59 Å². The Balaban J connectivity index is 1.34. The highest BCUT2D eigenvalue weighted by molar-refractivity contribution is 5.82. The number of rotatable bonds is 5. The Morgan fingerprint density at radius 2 is 1.88 bits per heavy atom. The van der Waals surface area contributed by atoms with Gasteiger partial charge in [-0.2, -0.15) is 5.26 Å². The van der Waals surface area contributed by atoms with Crippen molar-refractivity contribution >= 4 is 11.8 Å². The number of nitrogens with zero attached hydrogens (tertiary/aromatic N) is 1. The van der Waals surface area contributed by atoms with E-state index in [2.05, 4.69) is 10.9 Å². The van der Waals surface area contributed by atoms with Gasteiger partial charge in [0.1, 0.15) is 5.75 Å². The molecule has 2 N–H and O–H groups in total. The Hall–Kier alpha value is -2.55. The summed E-state index contributed by atoms with van der Waals surface area (Å²) in [5.74, 6) is 1.91. The molecule has 3 atom stereocenters. The van der Waals surface area contributed by atoms with Gasteiger partial charge in [0.05, 0.1) is 11.6 Å². The molecule has 24 heavy (non-hydrogen) atoms. The Labute approximate surface area is 141 Å². The SMILES string of the molecule is N#Cc1ccc(OCC(=O)NNC(=O)C[C@@H]2C[C@@H]3CC[C@@H]2C3)cc1. The second-order valence-electron chi connectivity index (χ2n) is 6.66. The van der Waals surface area contributed by atoms with Crippen LogP contribution in [0.4, 0.5) is 0 Å². The average molecular weight is 327 g/mol. The van der Waals surface area contributed by atoms with Gasteiger partial charge in [-0.05, 0) is 61.3 Å². The molecule has 0 aromatic heterocycles. The van der Waals surface area contributed by atoms with Crippen molar-refractivity contribution in [1.82, 2.24) is 10.9 Å². The molecule has 2 aliphatic carbocycles. The van der Waals surface area contributed by atoms with Crippen LogP contribution >= 0.6 is 0 Å². The average Bonchev–Trinajstić information content (AvgIpc) is 3.21. The molecule has 3 rings (SSSR count). The summed E-state index contributed by atoms with van der Waals surface area (Å²) >= 11 is 0. The van der Waals surface area contributed by atoms with Gasteiger partial charge in [0.25, 0.3) is 5.91 Å². The Bertz CT molecular complexity index is 650. The second kappa shape index (κ2) is 7.35. The number of hydrogen-bond acceptors (Lipinski definition) is 4. The van der Waals surface area contributed by atoms with Crippen LogP contribution in [0.25, 0.3) is 0 Å². The van der Waals surface area contributed by atoms with Crippen molar-refractivity contribution in [2.24, 2.45) is 17.8 Å². The molecule has 1 aromatic carbocycles. The van der Waals surface area contributed by atoms with Crippen LogP contribution in [-0.4, -0.2) is 18.4 Å². The number of hydrogen-bond donors (Lipinski definition) is 2. The monoisotopic (exact) mass is 327 g/mol. The lowest BCUT2D eigenvalue weighted by molar-refractivity contribution is -0.130. The predicted octanol–water partition coefficient (Wildman–Crippen LogP) is 1.91. The fourth-order valence-electron chi connectivity index (χ4n) is 3.87. The van der Waals surface area contributed by atoms with Gasteiger partial charge in [0.2, 0.25) is 5.91 Å². The molecule has 0 aliphatic heterocycles. The zero-order valence-electron chi connectivity index (χ0n) is 13.5. The first-order chi connectivity index (χ1) is 11.6. The molecule has 2 saturated carbocycles. The van der Waals surface area contributed by atoms with E-state index in [0.717, 1.165) is 12.3 Å². The number of hydrazine groups is 1. The number of nitrogens with one attached hydrogen (secondary N) is 2. The maximum Gasteiger partial charge on any atom is 0.276 e. The van der Waals surface area contributed by atoms with Crippen molar-refractivity contribution in [2.75, 3.05) is 6.61 Å². The molecule has 6 heteroatoms. The Kier molecular flexibility index (Phi) is 4.99. The minimum Gasteiger partial charge on any atom is -0.484 e. The summed E-state index contributed by atoms with van der Waals surface area (Å²) in [6, 6.07) is 8.49. The Morgan fingerprint density at radius 3 is 2.50 bits per heavy atom. The van der Waals surface area contributed by atoms with Gasteiger partial charge in [-0.3, -0.25) is 20.4 Å². The van der Waals surface area contributed by atoms with E-state index in [4.69, 9.17) is 10.00 Å². The first-order valence-corrected chi connectivity index (χ1v) is 8.34. The molecule has 0 saturated heterocycles. The molecule has 6 nitrogen and oxygen atoms in total. The number of amides is 2. The fourth-order valence-corrected chi connectivity index (χ4v) is 3.87. The van der Waals surface area contributed by atoms with Gasteiger partial charge >= 0.3 is 0 Å². The van der Waals surface area contributed by atoms with Gasteiger partial charge in [0, 0.05) is 6.42 Å². The van der Waals surface area contributed by atoms with Gasteiger partial charge < -0.3 is 4.74 Å². The molecule has 2 aliphatic rings. The van der Waals surface area contributed by atoms with E-state index >= 15 is 0 Å². The molecule has 0 radical (unpaired) electrons. The largest absolute Gasteiger partial charge is 0.484 e. The number of carbonyl (C=O) groups excluding carboxylic acids is 2. The smallest absolute Gasteiger partial charge is 0.276 e. The third-order valence-corrected chi connectivity index (χ3v) is 5.03. The normalized spacial score (nSPS) is 24.2. The van der Waals surface area contributed by atoms with E-state index in [1.807, 2.05) is 6.07 Å². The van der Waals surface area contributed by atoms with E-state index in [1.165, 1.54) is 19.3 Å². The fraction of sp³-hybridized carbons (Fsp3) is 0.500. The van der Waals surface area contributed by atoms with Crippen molar-refractivity contribution < 1.29 is 14.3 Å². The van der Waals surface area contributed by atoms with Crippen LogP contribution in [-0.2, 0) is 9.59 Å². The Morgan fingerprint density at radius 1 is 1.12 bits per heavy atom. The lowest BCUT2D eigenvalue weighted by Gasteiger charge is -2.20. The van der Waals surface area contributed by atoms with Crippen LogP contribution in [0.5, 0.6) is 5.75 Å². The van der Waals surface area contributed by atoms with Crippen molar-refractivity contribution in [3.63, 3.8) is 0 Å². The molecule has 0 unspecified atom stereocenters. The molecule has 0 heterocycles. The summed E-state index contributed by atoms with van der Waals surface area (Å²) < 4.78 is 5.30. The van der Waals surface area contributed by atoms with Crippen LogP contribution in [0.1, 0.15) is 37.7 Å². The maximum atomic E-state index is 11.9.